The lowest BCUT2D eigenvalue weighted by Crippen LogP contribution is -2.29. The Bertz CT molecular complexity index is 712. The number of imide groups is 1. The van der Waals surface area contributed by atoms with Gasteiger partial charge in [-0.05, 0) is 42.5 Å². The molecule has 0 aromatic heterocycles. The van der Waals surface area contributed by atoms with Crippen LogP contribution in [0.3, 0.4) is 0 Å². The Morgan fingerprint density at radius 3 is 2.88 bits per heavy atom. The van der Waals surface area contributed by atoms with Crippen LogP contribution in [0.5, 0.6) is 5.75 Å². The molecule has 1 aromatic carbocycles. The molecule has 1 heterocycles. The number of nitrogens with zero attached hydrogens (tertiary/aromatic N) is 2. The highest BCUT2D eigenvalue weighted by Gasteiger charge is 2.34. The van der Waals surface area contributed by atoms with Gasteiger partial charge in [0.05, 0.1) is 4.91 Å². The van der Waals surface area contributed by atoms with Crippen LogP contribution in [-0.4, -0.2) is 29.2 Å². The summed E-state index contributed by atoms with van der Waals surface area (Å²) in [6.45, 7) is 2.44. The van der Waals surface area contributed by atoms with Gasteiger partial charge in [-0.3, -0.25) is 14.5 Å². The van der Waals surface area contributed by atoms with Gasteiger partial charge in [-0.2, -0.15) is 5.26 Å². The van der Waals surface area contributed by atoms with Crippen molar-refractivity contribution in [2.75, 3.05) is 13.2 Å². The second-order valence-corrected chi connectivity index (χ2v) is 7.08. The van der Waals surface area contributed by atoms with E-state index < -0.39 is 0 Å². The van der Waals surface area contributed by atoms with Gasteiger partial charge in [0, 0.05) is 16.6 Å². The topological polar surface area (TPSA) is 70.4 Å². The standard InChI is InChI=1S/C17H17BrN2O3S/c1-2-3-4-8-20-16(21)15(24-17(20)22)11-12-10-13(18)5-6-14(12)23-9-7-19/h5-6,10-11H,2-4,8-9H2,1H3/b15-11-. The molecule has 2 amide bonds. The summed E-state index contributed by atoms with van der Waals surface area (Å²) in [4.78, 5) is 26.1. The van der Waals surface area contributed by atoms with Gasteiger partial charge in [0.15, 0.2) is 6.61 Å². The number of carbonyl (C=O) groups excluding carboxylic acids is 2. The first kappa shape index (κ1) is 18.6. The van der Waals surface area contributed by atoms with E-state index in [1.807, 2.05) is 6.07 Å². The molecule has 0 radical (unpaired) electrons. The summed E-state index contributed by atoms with van der Waals surface area (Å²) in [5.41, 5.74) is 0.652. The van der Waals surface area contributed by atoms with Crippen LogP contribution in [0.4, 0.5) is 4.79 Å². The monoisotopic (exact) mass is 408 g/mol. The summed E-state index contributed by atoms with van der Waals surface area (Å²) in [6.07, 6.45) is 4.47. The van der Waals surface area contributed by atoms with Crippen molar-refractivity contribution in [3.8, 4) is 11.8 Å². The van der Waals surface area contributed by atoms with Gasteiger partial charge in [-0.25, -0.2) is 0 Å². The lowest BCUT2D eigenvalue weighted by molar-refractivity contribution is -0.122. The number of thioether (sulfide) groups is 1. The van der Waals surface area contributed by atoms with Crippen LogP contribution in [-0.2, 0) is 4.79 Å². The normalized spacial score (nSPS) is 15.9. The third-order valence-corrected chi connectivity index (χ3v) is 4.81. The number of unbranched alkanes of at least 4 members (excludes halogenated alkanes) is 2. The van der Waals surface area contributed by atoms with Crippen molar-refractivity contribution in [1.82, 2.24) is 4.90 Å². The molecule has 0 atom stereocenters. The molecule has 126 valence electrons. The number of carbonyl (C=O) groups is 2. The summed E-state index contributed by atoms with van der Waals surface area (Å²) in [6, 6.07) is 7.22. The van der Waals surface area contributed by atoms with E-state index in [0.29, 0.717) is 22.8 Å². The Kier molecular flexibility index (Phi) is 6.88. The van der Waals surface area contributed by atoms with Crippen LogP contribution in [0.2, 0.25) is 0 Å². The molecule has 0 saturated carbocycles. The molecule has 0 N–H and O–H groups in total. The maximum atomic E-state index is 12.4. The minimum absolute atomic E-state index is 0.0824. The quantitative estimate of drug-likeness (QED) is 0.487. The molecule has 5 nitrogen and oxygen atoms in total. The minimum atomic E-state index is -0.271. The smallest absolute Gasteiger partial charge is 0.293 e. The van der Waals surface area contributed by atoms with Crippen molar-refractivity contribution >= 4 is 44.9 Å². The molecule has 0 unspecified atom stereocenters. The van der Waals surface area contributed by atoms with E-state index >= 15 is 0 Å². The zero-order valence-electron chi connectivity index (χ0n) is 13.3. The first-order chi connectivity index (χ1) is 11.6. The van der Waals surface area contributed by atoms with Crippen molar-refractivity contribution < 1.29 is 14.3 Å². The number of halogens is 1. The zero-order valence-corrected chi connectivity index (χ0v) is 15.7. The summed E-state index contributed by atoms with van der Waals surface area (Å²) in [7, 11) is 0. The van der Waals surface area contributed by atoms with Crippen molar-refractivity contribution in [2.45, 2.75) is 26.2 Å². The van der Waals surface area contributed by atoms with Gasteiger partial charge >= 0.3 is 0 Å². The van der Waals surface area contributed by atoms with E-state index in [9.17, 15) is 9.59 Å². The second-order valence-electron chi connectivity index (χ2n) is 5.17. The fourth-order valence-corrected chi connectivity index (χ4v) is 3.46. The molecule has 0 bridgehead atoms. The Labute approximate surface area is 153 Å². The van der Waals surface area contributed by atoms with Gasteiger partial charge in [-0.1, -0.05) is 35.7 Å². The second kappa shape index (κ2) is 8.90. The van der Waals surface area contributed by atoms with E-state index in [2.05, 4.69) is 22.9 Å². The molecule has 24 heavy (non-hydrogen) atoms. The van der Waals surface area contributed by atoms with Crippen molar-refractivity contribution in [2.24, 2.45) is 0 Å². The SMILES string of the molecule is CCCCCN1C(=O)S/C(=C\c2cc(Br)ccc2OCC#N)C1=O. The number of hydrogen-bond donors (Lipinski definition) is 0. The third-order valence-electron chi connectivity index (χ3n) is 3.41. The number of nitriles is 1. The molecule has 1 saturated heterocycles. The highest BCUT2D eigenvalue weighted by atomic mass is 79.9. The summed E-state index contributed by atoms with van der Waals surface area (Å²) < 4.78 is 6.19. The number of hydrogen-bond acceptors (Lipinski definition) is 5. The predicted molar refractivity (Wildman–Crippen MR) is 97.5 cm³/mol. The van der Waals surface area contributed by atoms with Crippen LogP contribution in [0.1, 0.15) is 31.7 Å². The number of amides is 2. The van der Waals surface area contributed by atoms with E-state index in [0.717, 1.165) is 35.5 Å². The third kappa shape index (κ3) is 4.62. The molecule has 1 aliphatic heterocycles. The van der Waals surface area contributed by atoms with Crippen LogP contribution in [0, 0.1) is 11.3 Å². The average molecular weight is 409 g/mol. The summed E-state index contributed by atoms with van der Waals surface area (Å²) >= 11 is 4.31. The highest BCUT2D eigenvalue weighted by Crippen LogP contribution is 2.35. The average Bonchev–Trinajstić information content (AvgIpc) is 2.82. The first-order valence-electron chi connectivity index (χ1n) is 7.61. The Morgan fingerprint density at radius 1 is 1.38 bits per heavy atom. The zero-order chi connectivity index (χ0) is 17.5. The van der Waals surface area contributed by atoms with Crippen molar-refractivity contribution in [3.05, 3.63) is 33.1 Å². The molecule has 1 fully saturated rings. The van der Waals surface area contributed by atoms with Gasteiger partial charge in [0.2, 0.25) is 0 Å². The largest absolute Gasteiger partial charge is 0.478 e. The van der Waals surface area contributed by atoms with E-state index in [-0.39, 0.29) is 17.8 Å². The molecular weight excluding hydrogens is 392 g/mol. The van der Waals surface area contributed by atoms with Crippen LogP contribution >= 0.6 is 27.7 Å². The molecule has 0 spiro atoms. The summed E-state index contributed by atoms with van der Waals surface area (Å²) in [5, 5.41) is 8.42. The van der Waals surface area contributed by atoms with Crippen LogP contribution < -0.4 is 4.74 Å². The first-order valence-corrected chi connectivity index (χ1v) is 9.22. The Balaban J connectivity index is 2.22. The van der Waals surface area contributed by atoms with Gasteiger partial charge in [-0.15, -0.1) is 0 Å². The summed E-state index contributed by atoms with van der Waals surface area (Å²) in [5.74, 6) is 0.227. The maximum Gasteiger partial charge on any atom is 0.293 e. The lowest BCUT2D eigenvalue weighted by Gasteiger charge is -2.11. The number of benzene rings is 1. The molecule has 7 heteroatoms. The molecule has 1 aromatic rings. The Hall–Kier alpha value is -1.78. The van der Waals surface area contributed by atoms with E-state index in [4.69, 9.17) is 10.00 Å². The minimum Gasteiger partial charge on any atom is -0.478 e. The van der Waals surface area contributed by atoms with Crippen LogP contribution in [0.25, 0.3) is 6.08 Å². The van der Waals surface area contributed by atoms with Gasteiger partial charge < -0.3 is 4.74 Å². The van der Waals surface area contributed by atoms with Crippen molar-refractivity contribution in [1.29, 1.82) is 5.26 Å². The maximum absolute atomic E-state index is 12.4. The van der Waals surface area contributed by atoms with Gasteiger partial charge in [0.25, 0.3) is 11.1 Å². The lowest BCUT2D eigenvalue weighted by atomic mass is 10.2. The molecule has 1 aliphatic rings. The van der Waals surface area contributed by atoms with Crippen LogP contribution in [0.15, 0.2) is 27.6 Å². The van der Waals surface area contributed by atoms with Crippen molar-refractivity contribution in [3.63, 3.8) is 0 Å². The molecular formula is C17H17BrN2O3S. The molecule has 2 rings (SSSR count). The van der Waals surface area contributed by atoms with Gasteiger partial charge in [0.1, 0.15) is 11.8 Å². The number of ether oxygens (including phenoxy) is 1. The highest BCUT2D eigenvalue weighted by molar-refractivity contribution is 9.10. The van der Waals surface area contributed by atoms with E-state index in [1.165, 1.54) is 4.90 Å². The fourth-order valence-electron chi connectivity index (χ4n) is 2.23. The molecule has 0 aliphatic carbocycles. The van der Waals surface area contributed by atoms with E-state index in [1.54, 1.807) is 24.3 Å². The Morgan fingerprint density at radius 2 is 2.17 bits per heavy atom. The predicted octanol–water partition coefficient (Wildman–Crippen LogP) is 4.58. The number of rotatable bonds is 7. The fraction of sp³-hybridized carbons (Fsp3) is 0.353.